The molecular formula is C28H33ClN2O2. The minimum Gasteiger partial charge on any atom is -0.478 e. The first-order valence-corrected chi connectivity index (χ1v) is 11.3. The zero-order chi connectivity index (χ0) is 22.9. The van der Waals surface area contributed by atoms with Crippen LogP contribution >= 0.6 is 12.4 Å². The van der Waals surface area contributed by atoms with E-state index in [9.17, 15) is 4.79 Å². The minimum absolute atomic E-state index is 0. The van der Waals surface area contributed by atoms with E-state index in [1.165, 1.54) is 35.1 Å². The van der Waals surface area contributed by atoms with Crippen molar-refractivity contribution in [1.29, 1.82) is 0 Å². The second kappa shape index (κ2) is 9.56. The van der Waals surface area contributed by atoms with Gasteiger partial charge in [-0.05, 0) is 70.0 Å². The van der Waals surface area contributed by atoms with Gasteiger partial charge >= 0.3 is 5.97 Å². The van der Waals surface area contributed by atoms with E-state index in [-0.39, 0.29) is 23.2 Å². The van der Waals surface area contributed by atoms with Crippen LogP contribution in [0.1, 0.15) is 78.7 Å². The maximum Gasteiger partial charge on any atom is 0.335 e. The summed E-state index contributed by atoms with van der Waals surface area (Å²) < 4.78 is 2.12. The number of carboxylic acid groups (broad SMARTS) is 1. The Kier molecular flexibility index (Phi) is 7.18. The minimum atomic E-state index is -0.901. The van der Waals surface area contributed by atoms with Crippen molar-refractivity contribution in [2.24, 2.45) is 0 Å². The van der Waals surface area contributed by atoms with Crippen molar-refractivity contribution in [3.63, 3.8) is 0 Å². The largest absolute Gasteiger partial charge is 0.478 e. The second-order valence-corrected chi connectivity index (χ2v) is 10.2. The number of imidazole rings is 1. The summed E-state index contributed by atoms with van der Waals surface area (Å²) in [4.78, 5) is 15.3. The van der Waals surface area contributed by atoms with Gasteiger partial charge in [0.15, 0.2) is 0 Å². The molecule has 3 aromatic rings. The monoisotopic (exact) mass is 464 g/mol. The summed E-state index contributed by atoms with van der Waals surface area (Å²) >= 11 is 0. The van der Waals surface area contributed by atoms with Crippen molar-refractivity contribution in [3.05, 3.63) is 88.5 Å². The van der Waals surface area contributed by atoms with Crippen molar-refractivity contribution < 1.29 is 9.90 Å². The molecule has 0 saturated carbocycles. The van der Waals surface area contributed by atoms with Gasteiger partial charge in [-0.3, -0.25) is 0 Å². The average molecular weight is 465 g/mol. The summed E-state index contributed by atoms with van der Waals surface area (Å²) in [6.45, 7) is 10.3. The maximum absolute atomic E-state index is 11.1. The number of aromatic nitrogens is 2. The summed E-state index contributed by atoms with van der Waals surface area (Å²) in [7, 11) is 0. The highest BCUT2D eigenvalue weighted by molar-refractivity contribution is 5.88. The van der Waals surface area contributed by atoms with Crippen molar-refractivity contribution in [2.45, 2.75) is 64.3 Å². The third-order valence-corrected chi connectivity index (χ3v) is 6.92. The lowest BCUT2D eigenvalue weighted by atomic mass is 9.62. The van der Waals surface area contributed by atoms with Crippen LogP contribution in [0.5, 0.6) is 0 Å². The molecule has 33 heavy (non-hydrogen) atoms. The van der Waals surface area contributed by atoms with Gasteiger partial charge in [0.05, 0.1) is 11.9 Å². The second-order valence-electron chi connectivity index (χ2n) is 10.2. The lowest BCUT2D eigenvalue weighted by Gasteiger charge is -2.42. The van der Waals surface area contributed by atoms with E-state index in [0.717, 1.165) is 18.5 Å². The number of carbonyl (C=O) groups is 1. The first-order valence-electron chi connectivity index (χ1n) is 11.3. The fraction of sp³-hybridized carbons (Fsp3) is 0.357. The Morgan fingerprint density at radius 1 is 1.03 bits per heavy atom. The summed E-state index contributed by atoms with van der Waals surface area (Å²) in [6, 6.07) is 11.8. The van der Waals surface area contributed by atoms with Crippen molar-refractivity contribution in [3.8, 4) is 0 Å². The Bertz CT molecular complexity index is 1140. The van der Waals surface area contributed by atoms with E-state index in [4.69, 9.17) is 5.11 Å². The topological polar surface area (TPSA) is 55.1 Å². The van der Waals surface area contributed by atoms with Crippen LogP contribution in [-0.2, 0) is 23.8 Å². The average Bonchev–Trinajstić information content (AvgIpc) is 3.28. The Morgan fingerprint density at radius 2 is 1.67 bits per heavy atom. The fourth-order valence-electron chi connectivity index (χ4n) is 4.64. The van der Waals surface area contributed by atoms with Crippen LogP contribution in [0.3, 0.4) is 0 Å². The molecule has 1 aromatic heterocycles. The molecule has 4 nitrogen and oxygen atoms in total. The number of carboxylic acids is 1. The van der Waals surface area contributed by atoms with Gasteiger partial charge < -0.3 is 9.67 Å². The lowest BCUT2D eigenvalue weighted by Crippen LogP contribution is -2.34. The van der Waals surface area contributed by atoms with Gasteiger partial charge in [0.1, 0.15) is 0 Å². The molecule has 0 amide bonds. The van der Waals surface area contributed by atoms with Gasteiger partial charge in [-0.2, -0.15) is 0 Å². The molecule has 0 atom stereocenters. The highest BCUT2D eigenvalue weighted by Crippen LogP contribution is 2.46. The Balaban J connectivity index is 0.00000306. The number of aromatic carboxylic acids is 1. The van der Waals surface area contributed by atoms with Crippen LogP contribution in [-0.4, -0.2) is 20.6 Å². The first-order chi connectivity index (χ1) is 15.2. The van der Waals surface area contributed by atoms with Crippen molar-refractivity contribution in [2.75, 3.05) is 0 Å². The van der Waals surface area contributed by atoms with E-state index in [0.29, 0.717) is 5.56 Å². The number of benzene rings is 2. The lowest BCUT2D eigenvalue weighted by molar-refractivity contribution is 0.0697. The van der Waals surface area contributed by atoms with E-state index in [2.05, 4.69) is 61.5 Å². The van der Waals surface area contributed by atoms with E-state index >= 15 is 0 Å². The Labute approximate surface area is 202 Å². The molecule has 1 aliphatic carbocycles. The molecule has 0 radical (unpaired) electrons. The van der Waals surface area contributed by atoms with Crippen LogP contribution in [0.4, 0.5) is 0 Å². The van der Waals surface area contributed by atoms with Gasteiger partial charge in [-0.1, -0.05) is 64.1 Å². The third kappa shape index (κ3) is 5.39. The van der Waals surface area contributed by atoms with Gasteiger partial charge in [0.25, 0.3) is 0 Å². The quantitative estimate of drug-likeness (QED) is 0.410. The molecule has 4 rings (SSSR count). The van der Waals surface area contributed by atoms with Crippen LogP contribution in [0, 0.1) is 0 Å². The van der Waals surface area contributed by atoms with Gasteiger partial charge in [-0.15, -0.1) is 12.4 Å². The van der Waals surface area contributed by atoms with Crippen LogP contribution in [0.2, 0.25) is 0 Å². The normalized spacial score (nSPS) is 16.2. The molecule has 0 unspecified atom stereocenters. The number of hydrogen-bond acceptors (Lipinski definition) is 2. The Hall–Kier alpha value is -2.85. The van der Waals surface area contributed by atoms with Gasteiger partial charge in [0, 0.05) is 18.9 Å². The molecule has 5 heteroatoms. The number of fused-ring (bicyclic) bond motifs is 1. The van der Waals surface area contributed by atoms with Crippen LogP contribution in [0.25, 0.3) is 12.2 Å². The highest BCUT2D eigenvalue weighted by atomic mass is 35.5. The zero-order valence-electron chi connectivity index (χ0n) is 19.8. The molecule has 2 aromatic carbocycles. The van der Waals surface area contributed by atoms with Crippen LogP contribution in [0.15, 0.2) is 55.1 Å². The number of hydrogen-bond donors (Lipinski definition) is 1. The molecular weight excluding hydrogens is 432 g/mol. The number of nitrogens with zero attached hydrogens (tertiary/aromatic N) is 2. The summed E-state index contributed by atoms with van der Waals surface area (Å²) in [6.07, 6.45) is 13.3. The van der Waals surface area contributed by atoms with E-state index in [1.54, 1.807) is 12.1 Å². The summed E-state index contributed by atoms with van der Waals surface area (Å²) in [5.74, 6) is -0.901. The van der Waals surface area contributed by atoms with Gasteiger partial charge in [-0.25, -0.2) is 9.78 Å². The summed E-state index contributed by atoms with van der Waals surface area (Å²) in [5.41, 5.74) is 7.11. The fourth-order valence-corrected chi connectivity index (χ4v) is 4.64. The maximum atomic E-state index is 11.1. The molecule has 0 fully saturated rings. The van der Waals surface area contributed by atoms with Crippen molar-refractivity contribution in [1.82, 2.24) is 9.55 Å². The zero-order valence-corrected chi connectivity index (χ0v) is 20.7. The molecule has 0 saturated heterocycles. The van der Waals surface area contributed by atoms with Crippen molar-refractivity contribution >= 4 is 30.5 Å². The van der Waals surface area contributed by atoms with E-state index in [1.807, 2.05) is 30.9 Å². The number of halogens is 1. The molecule has 1 N–H and O–H groups in total. The van der Waals surface area contributed by atoms with Crippen LogP contribution < -0.4 is 0 Å². The molecule has 0 aliphatic heterocycles. The predicted molar refractivity (Wildman–Crippen MR) is 137 cm³/mol. The first kappa shape index (κ1) is 24.8. The summed E-state index contributed by atoms with van der Waals surface area (Å²) in [5, 5.41) is 9.14. The highest BCUT2D eigenvalue weighted by Gasteiger charge is 2.37. The number of rotatable bonds is 6. The third-order valence-electron chi connectivity index (χ3n) is 6.92. The predicted octanol–water partition coefficient (Wildman–Crippen LogP) is 6.77. The molecule has 1 heterocycles. The molecule has 1 aliphatic rings. The van der Waals surface area contributed by atoms with E-state index < -0.39 is 5.97 Å². The molecule has 174 valence electrons. The molecule has 0 bridgehead atoms. The molecule has 0 spiro atoms. The smallest absolute Gasteiger partial charge is 0.335 e. The Morgan fingerprint density at radius 3 is 2.24 bits per heavy atom. The standard InChI is InChI=1S/C28H32N2O2.ClH/c1-27(2)12-13-28(3,4)25-18-23(11-15-30-16-14-29-19-30)22(17-24(25)27)10-7-20-5-8-21(9-6-20)26(31)32;/h5-10,14,16-19H,11-13,15H2,1-4H3,(H,31,32);1H/b10-7+;. The van der Waals surface area contributed by atoms with Gasteiger partial charge in [0.2, 0.25) is 0 Å². The number of aryl methyl sites for hydroxylation is 2. The SMILES string of the molecule is CC1(C)CCC(C)(C)c2cc(CCn3ccnc3)c(/C=C/c3ccc(C(=O)O)cc3)cc21.Cl.